The molecule has 4 aromatic rings. The van der Waals surface area contributed by atoms with Gasteiger partial charge in [0.2, 0.25) is 0 Å². The quantitative estimate of drug-likeness (QED) is 0.470. The monoisotopic (exact) mass is 425 g/mol. The van der Waals surface area contributed by atoms with E-state index in [0.29, 0.717) is 34.2 Å². The molecule has 0 spiro atoms. The second-order valence-corrected chi connectivity index (χ2v) is 8.20. The van der Waals surface area contributed by atoms with Gasteiger partial charge in [-0.25, -0.2) is 13.9 Å². The molecule has 2 atom stereocenters. The molecule has 1 fully saturated rings. The predicted molar refractivity (Wildman–Crippen MR) is 112 cm³/mol. The number of ether oxygens (including phenoxy) is 1. The van der Waals surface area contributed by atoms with Crippen molar-refractivity contribution >= 4 is 17.2 Å². The Morgan fingerprint density at radius 2 is 2.03 bits per heavy atom. The SMILES string of the molecule is Cc1nc2c(-c3ccc(Cl)cc3F)cc([C@H]3CCO[C@@H](c4cnn(C)c4)C3)cn2n1. The fourth-order valence-electron chi connectivity index (χ4n) is 4.18. The molecule has 6 nitrogen and oxygen atoms in total. The molecular weight excluding hydrogens is 405 g/mol. The highest BCUT2D eigenvalue weighted by Gasteiger charge is 2.27. The lowest BCUT2D eigenvalue weighted by atomic mass is 9.87. The number of nitrogens with zero attached hydrogens (tertiary/aromatic N) is 5. The van der Waals surface area contributed by atoms with Gasteiger partial charge in [-0.05, 0) is 55.5 Å². The third-order valence-electron chi connectivity index (χ3n) is 5.63. The van der Waals surface area contributed by atoms with E-state index in [2.05, 4.69) is 15.2 Å². The van der Waals surface area contributed by atoms with E-state index in [-0.39, 0.29) is 17.8 Å². The number of fused-ring (bicyclic) bond motifs is 1. The van der Waals surface area contributed by atoms with Crippen molar-refractivity contribution in [2.24, 2.45) is 7.05 Å². The number of hydrogen-bond donors (Lipinski definition) is 0. The van der Waals surface area contributed by atoms with E-state index in [4.69, 9.17) is 16.3 Å². The third-order valence-corrected chi connectivity index (χ3v) is 5.87. The van der Waals surface area contributed by atoms with Gasteiger partial charge in [-0.1, -0.05) is 11.6 Å². The molecule has 1 saturated heterocycles. The van der Waals surface area contributed by atoms with Crippen LogP contribution in [-0.2, 0) is 11.8 Å². The Balaban J connectivity index is 1.58. The number of aromatic nitrogens is 5. The van der Waals surface area contributed by atoms with E-state index in [0.717, 1.165) is 24.0 Å². The highest BCUT2D eigenvalue weighted by molar-refractivity contribution is 6.30. The first-order chi connectivity index (χ1) is 14.5. The molecule has 0 radical (unpaired) electrons. The lowest BCUT2D eigenvalue weighted by Crippen LogP contribution is -2.19. The summed E-state index contributed by atoms with van der Waals surface area (Å²) in [6, 6.07) is 6.75. The Labute approximate surface area is 178 Å². The van der Waals surface area contributed by atoms with Crippen LogP contribution in [-0.4, -0.2) is 31.0 Å². The minimum atomic E-state index is -0.373. The van der Waals surface area contributed by atoms with Gasteiger partial charge < -0.3 is 4.74 Å². The van der Waals surface area contributed by atoms with E-state index >= 15 is 0 Å². The van der Waals surface area contributed by atoms with Gasteiger partial charge >= 0.3 is 0 Å². The molecule has 0 N–H and O–H groups in total. The van der Waals surface area contributed by atoms with Gasteiger partial charge in [0.05, 0.1) is 12.3 Å². The Hall–Kier alpha value is -2.77. The smallest absolute Gasteiger partial charge is 0.163 e. The lowest BCUT2D eigenvalue weighted by molar-refractivity contribution is 0.00517. The summed E-state index contributed by atoms with van der Waals surface area (Å²) in [6.07, 6.45) is 7.55. The lowest BCUT2D eigenvalue weighted by Gasteiger charge is -2.29. The fraction of sp³-hybridized carbons (Fsp3) is 0.318. The number of pyridine rings is 1. The normalized spacial score (nSPS) is 19.5. The molecule has 0 saturated carbocycles. The van der Waals surface area contributed by atoms with E-state index in [1.807, 2.05) is 38.6 Å². The molecular formula is C22H21ClFN5O. The minimum absolute atomic E-state index is 0.0126. The van der Waals surface area contributed by atoms with Gasteiger partial charge in [0, 0.05) is 47.8 Å². The summed E-state index contributed by atoms with van der Waals surface area (Å²) < 4.78 is 24.3. The van der Waals surface area contributed by atoms with E-state index in [9.17, 15) is 4.39 Å². The standard InChI is InChI=1S/C22H21ClFN5O/c1-13-26-22-19(18-4-3-17(23)9-20(18)24)7-15(12-29(22)27-13)14-5-6-30-21(8-14)16-10-25-28(2)11-16/h3-4,7,9-12,14,21H,5-6,8H2,1-2H3/t14-,21+/m0/s1. The summed E-state index contributed by atoms with van der Waals surface area (Å²) in [6.45, 7) is 2.49. The number of benzene rings is 1. The maximum absolute atomic E-state index is 14.8. The van der Waals surface area contributed by atoms with Crippen molar-refractivity contribution in [1.82, 2.24) is 24.4 Å². The molecule has 8 heteroatoms. The first-order valence-corrected chi connectivity index (χ1v) is 10.3. The molecule has 0 amide bonds. The van der Waals surface area contributed by atoms with Crippen LogP contribution >= 0.6 is 11.6 Å². The number of halogens is 2. The first-order valence-electron chi connectivity index (χ1n) is 9.90. The van der Waals surface area contributed by atoms with E-state index in [1.165, 1.54) is 6.07 Å². The van der Waals surface area contributed by atoms with Crippen LogP contribution in [0.5, 0.6) is 0 Å². The van der Waals surface area contributed by atoms with Crippen molar-refractivity contribution in [2.45, 2.75) is 31.8 Å². The maximum Gasteiger partial charge on any atom is 0.163 e. The van der Waals surface area contributed by atoms with Crippen LogP contribution in [0, 0.1) is 12.7 Å². The third kappa shape index (κ3) is 3.48. The van der Waals surface area contributed by atoms with Gasteiger partial charge in [-0.2, -0.15) is 10.2 Å². The summed E-state index contributed by atoms with van der Waals surface area (Å²) in [4.78, 5) is 4.52. The van der Waals surface area contributed by atoms with Crippen LogP contribution in [0.15, 0.2) is 42.9 Å². The summed E-state index contributed by atoms with van der Waals surface area (Å²) >= 11 is 5.96. The summed E-state index contributed by atoms with van der Waals surface area (Å²) in [7, 11) is 1.90. The average molecular weight is 426 g/mol. The van der Waals surface area contributed by atoms with Crippen molar-refractivity contribution in [2.75, 3.05) is 6.61 Å². The van der Waals surface area contributed by atoms with Gasteiger partial charge in [0.15, 0.2) is 5.65 Å². The van der Waals surface area contributed by atoms with Crippen LogP contribution < -0.4 is 0 Å². The molecule has 1 aliphatic rings. The molecule has 5 rings (SSSR count). The molecule has 3 aromatic heterocycles. The van der Waals surface area contributed by atoms with Crippen LogP contribution in [0.4, 0.5) is 4.39 Å². The van der Waals surface area contributed by atoms with Crippen molar-refractivity contribution in [3.8, 4) is 11.1 Å². The Morgan fingerprint density at radius 1 is 1.17 bits per heavy atom. The van der Waals surface area contributed by atoms with Gasteiger partial charge in [0.25, 0.3) is 0 Å². The fourth-order valence-corrected chi connectivity index (χ4v) is 4.34. The topological polar surface area (TPSA) is 57.2 Å². The van der Waals surface area contributed by atoms with Crippen LogP contribution in [0.1, 0.15) is 41.8 Å². The second kappa shape index (κ2) is 7.49. The van der Waals surface area contributed by atoms with Crippen LogP contribution in [0.2, 0.25) is 5.02 Å². The molecule has 4 heterocycles. The second-order valence-electron chi connectivity index (χ2n) is 7.77. The summed E-state index contributed by atoms with van der Waals surface area (Å²) in [5.41, 5.74) is 3.98. The van der Waals surface area contributed by atoms with Gasteiger partial charge in [0.1, 0.15) is 11.6 Å². The van der Waals surface area contributed by atoms with Crippen molar-refractivity contribution in [3.05, 3.63) is 70.6 Å². The number of rotatable bonds is 3. The largest absolute Gasteiger partial charge is 0.373 e. The average Bonchev–Trinajstić information content (AvgIpc) is 3.32. The molecule has 0 unspecified atom stereocenters. The number of aryl methyl sites for hydroxylation is 2. The molecule has 0 aliphatic carbocycles. The maximum atomic E-state index is 14.8. The Bertz CT molecular complexity index is 1230. The van der Waals surface area contributed by atoms with E-state index in [1.54, 1.807) is 21.3 Å². The Kier molecular flexibility index (Phi) is 4.79. The van der Waals surface area contributed by atoms with Crippen molar-refractivity contribution in [3.63, 3.8) is 0 Å². The van der Waals surface area contributed by atoms with Gasteiger partial charge in [-0.15, -0.1) is 0 Å². The van der Waals surface area contributed by atoms with Crippen molar-refractivity contribution in [1.29, 1.82) is 0 Å². The highest BCUT2D eigenvalue weighted by Crippen LogP contribution is 2.39. The zero-order valence-electron chi connectivity index (χ0n) is 16.7. The molecule has 1 aliphatic heterocycles. The molecule has 1 aromatic carbocycles. The zero-order valence-corrected chi connectivity index (χ0v) is 17.5. The van der Waals surface area contributed by atoms with Gasteiger partial charge in [-0.3, -0.25) is 4.68 Å². The first kappa shape index (κ1) is 19.2. The van der Waals surface area contributed by atoms with Crippen LogP contribution in [0.25, 0.3) is 16.8 Å². The van der Waals surface area contributed by atoms with Crippen molar-refractivity contribution < 1.29 is 9.13 Å². The molecule has 0 bridgehead atoms. The van der Waals surface area contributed by atoms with Crippen LogP contribution in [0.3, 0.4) is 0 Å². The highest BCUT2D eigenvalue weighted by atomic mass is 35.5. The zero-order chi connectivity index (χ0) is 20.8. The molecule has 30 heavy (non-hydrogen) atoms. The Morgan fingerprint density at radius 3 is 2.80 bits per heavy atom. The summed E-state index contributed by atoms with van der Waals surface area (Å²) in [5.74, 6) is 0.525. The number of hydrogen-bond acceptors (Lipinski definition) is 4. The van der Waals surface area contributed by atoms with E-state index < -0.39 is 0 Å². The molecule has 154 valence electrons. The summed E-state index contributed by atoms with van der Waals surface area (Å²) in [5, 5.41) is 9.13. The minimum Gasteiger partial charge on any atom is -0.373 e. The predicted octanol–water partition coefficient (Wildman–Crippen LogP) is 4.87.